The Labute approximate surface area is 138 Å². The number of rotatable bonds is 7. The largest absolute Gasteiger partial charge is 0.243 e. The molecule has 2 rings (SSSR count). The van der Waals surface area contributed by atoms with Crippen molar-refractivity contribution in [3.8, 4) is 0 Å². The minimum Gasteiger partial charge on any atom is -0.210 e. The van der Waals surface area contributed by atoms with E-state index < -0.39 is 15.8 Å². The molecule has 2 aromatic rings. The van der Waals surface area contributed by atoms with Crippen LogP contribution in [-0.4, -0.2) is 20.7 Å². The molecule has 0 aliphatic carbocycles. The van der Waals surface area contributed by atoms with Crippen molar-refractivity contribution in [1.29, 1.82) is 0 Å². The van der Waals surface area contributed by atoms with Gasteiger partial charge in [-0.05, 0) is 23.8 Å². The van der Waals surface area contributed by atoms with E-state index in [1.54, 1.807) is 11.8 Å². The van der Waals surface area contributed by atoms with Gasteiger partial charge in [0.05, 0.1) is 0 Å². The third kappa shape index (κ3) is 4.98. The van der Waals surface area contributed by atoms with Crippen LogP contribution in [0.2, 0.25) is 5.02 Å². The highest BCUT2D eigenvalue weighted by Crippen LogP contribution is 2.19. The lowest BCUT2D eigenvalue weighted by molar-refractivity contribution is 0.559. The Morgan fingerprint density at radius 1 is 1.14 bits per heavy atom. The topological polar surface area (TPSA) is 46.2 Å². The Hall–Kier alpha value is -1.08. The molecule has 0 bridgehead atoms. The first-order valence-corrected chi connectivity index (χ1v) is 9.57. The van der Waals surface area contributed by atoms with Gasteiger partial charge in [-0.3, -0.25) is 0 Å². The fraction of sp³-hybridized carbons (Fsp3) is 0.200. The molecule has 1 N–H and O–H groups in total. The number of hydrogen-bond acceptors (Lipinski definition) is 3. The molecule has 0 spiro atoms. The van der Waals surface area contributed by atoms with Crippen molar-refractivity contribution in [3.05, 3.63) is 64.9 Å². The number of benzene rings is 2. The second kappa shape index (κ2) is 7.97. The molecule has 0 unspecified atom stereocenters. The molecule has 0 radical (unpaired) electrons. The minimum absolute atomic E-state index is 0.162. The van der Waals surface area contributed by atoms with Crippen molar-refractivity contribution in [2.75, 3.05) is 12.3 Å². The number of thioether (sulfide) groups is 1. The van der Waals surface area contributed by atoms with Gasteiger partial charge in [0, 0.05) is 23.1 Å². The molecule has 118 valence electrons. The summed E-state index contributed by atoms with van der Waals surface area (Å²) in [5.41, 5.74) is 1.18. The standard InChI is InChI=1S/C15H15ClFNO2S2/c16-13-6-7-15(14(17)10-13)22(19,20)18-8-9-21-11-12-4-2-1-3-5-12/h1-7,10,18H,8-9,11H2. The van der Waals surface area contributed by atoms with Crippen LogP contribution in [-0.2, 0) is 15.8 Å². The van der Waals surface area contributed by atoms with E-state index in [2.05, 4.69) is 4.72 Å². The Morgan fingerprint density at radius 2 is 1.86 bits per heavy atom. The molecule has 0 atom stereocenters. The lowest BCUT2D eigenvalue weighted by atomic mass is 10.2. The van der Waals surface area contributed by atoms with E-state index in [0.29, 0.717) is 5.75 Å². The highest BCUT2D eigenvalue weighted by molar-refractivity contribution is 7.98. The predicted molar refractivity (Wildman–Crippen MR) is 89.2 cm³/mol. The molecule has 0 fully saturated rings. The van der Waals surface area contributed by atoms with Crippen LogP contribution in [0.3, 0.4) is 0 Å². The zero-order valence-corrected chi connectivity index (χ0v) is 14.0. The molecule has 0 heterocycles. The van der Waals surface area contributed by atoms with Crippen LogP contribution >= 0.6 is 23.4 Å². The van der Waals surface area contributed by atoms with Gasteiger partial charge in [0.1, 0.15) is 10.7 Å². The van der Waals surface area contributed by atoms with Gasteiger partial charge in [-0.1, -0.05) is 41.9 Å². The van der Waals surface area contributed by atoms with Crippen LogP contribution in [0.15, 0.2) is 53.4 Å². The van der Waals surface area contributed by atoms with Crippen LogP contribution < -0.4 is 4.72 Å². The Balaban J connectivity index is 1.83. The maximum absolute atomic E-state index is 13.6. The molecule has 0 aliphatic heterocycles. The molecule has 0 aliphatic rings. The monoisotopic (exact) mass is 359 g/mol. The summed E-state index contributed by atoms with van der Waals surface area (Å²) in [6.07, 6.45) is 0. The molecule has 2 aromatic carbocycles. The van der Waals surface area contributed by atoms with E-state index in [-0.39, 0.29) is 16.5 Å². The van der Waals surface area contributed by atoms with E-state index >= 15 is 0 Å². The quantitative estimate of drug-likeness (QED) is 0.767. The van der Waals surface area contributed by atoms with Crippen LogP contribution in [0.1, 0.15) is 5.56 Å². The van der Waals surface area contributed by atoms with Crippen LogP contribution in [0.5, 0.6) is 0 Å². The third-order valence-electron chi connectivity index (χ3n) is 2.83. The SMILES string of the molecule is O=S(=O)(NCCSCc1ccccc1)c1ccc(Cl)cc1F. The fourth-order valence-electron chi connectivity index (χ4n) is 1.78. The highest BCUT2D eigenvalue weighted by atomic mass is 35.5. The number of hydrogen-bond donors (Lipinski definition) is 1. The van der Waals surface area contributed by atoms with E-state index in [4.69, 9.17) is 11.6 Å². The van der Waals surface area contributed by atoms with Crippen LogP contribution in [0.4, 0.5) is 4.39 Å². The molecule has 0 saturated heterocycles. The predicted octanol–water partition coefficient (Wildman–Crippen LogP) is 3.69. The van der Waals surface area contributed by atoms with E-state index in [0.717, 1.165) is 17.9 Å². The van der Waals surface area contributed by atoms with Gasteiger partial charge in [0.25, 0.3) is 0 Å². The summed E-state index contributed by atoms with van der Waals surface area (Å²) in [5.74, 6) is 0.554. The minimum atomic E-state index is -3.85. The van der Waals surface area contributed by atoms with Gasteiger partial charge in [-0.15, -0.1) is 0 Å². The lowest BCUT2D eigenvalue weighted by Gasteiger charge is -2.08. The summed E-state index contributed by atoms with van der Waals surface area (Å²) in [4.78, 5) is -0.384. The van der Waals surface area contributed by atoms with Gasteiger partial charge < -0.3 is 0 Å². The average Bonchev–Trinajstić information content (AvgIpc) is 2.47. The van der Waals surface area contributed by atoms with Gasteiger partial charge in [0.15, 0.2) is 0 Å². The smallest absolute Gasteiger partial charge is 0.210 e. The molecule has 0 aromatic heterocycles. The average molecular weight is 360 g/mol. The molecule has 0 amide bonds. The summed E-state index contributed by atoms with van der Waals surface area (Å²) in [6, 6.07) is 13.4. The van der Waals surface area contributed by atoms with Crippen molar-refractivity contribution in [1.82, 2.24) is 4.72 Å². The first kappa shape index (κ1) is 17.3. The maximum atomic E-state index is 13.6. The molecular formula is C15H15ClFNO2S2. The van der Waals surface area contributed by atoms with Gasteiger partial charge in [0.2, 0.25) is 10.0 Å². The second-order valence-electron chi connectivity index (χ2n) is 4.51. The van der Waals surface area contributed by atoms with Crippen molar-refractivity contribution >= 4 is 33.4 Å². The van der Waals surface area contributed by atoms with Gasteiger partial charge in [-0.25, -0.2) is 17.5 Å². The van der Waals surface area contributed by atoms with Crippen LogP contribution in [0.25, 0.3) is 0 Å². The van der Waals surface area contributed by atoms with Crippen molar-refractivity contribution in [3.63, 3.8) is 0 Å². The summed E-state index contributed by atoms with van der Waals surface area (Å²) in [7, 11) is -3.85. The van der Waals surface area contributed by atoms with Gasteiger partial charge >= 0.3 is 0 Å². The normalized spacial score (nSPS) is 11.5. The molecular weight excluding hydrogens is 345 g/mol. The number of halogens is 2. The summed E-state index contributed by atoms with van der Waals surface area (Å²) in [5, 5.41) is 0.162. The van der Waals surface area contributed by atoms with Gasteiger partial charge in [-0.2, -0.15) is 11.8 Å². The first-order chi connectivity index (χ1) is 10.5. The van der Waals surface area contributed by atoms with Crippen LogP contribution in [0, 0.1) is 5.82 Å². The Bertz CT molecular complexity index is 724. The number of nitrogens with one attached hydrogen (secondary N) is 1. The lowest BCUT2D eigenvalue weighted by Crippen LogP contribution is -2.26. The third-order valence-corrected chi connectivity index (χ3v) is 5.59. The maximum Gasteiger partial charge on any atom is 0.243 e. The van der Waals surface area contributed by atoms with E-state index in [1.807, 2.05) is 30.3 Å². The molecule has 7 heteroatoms. The molecule has 22 heavy (non-hydrogen) atoms. The Kier molecular flexibility index (Phi) is 6.26. The fourth-order valence-corrected chi connectivity index (χ4v) is 3.98. The highest BCUT2D eigenvalue weighted by Gasteiger charge is 2.18. The van der Waals surface area contributed by atoms with E-state index in [9.17, 15) is 12.8 Å². The first-order valence-electron chi connectivity index (χ1n) is 6.55. The Morgan fingerprint density at radius 3 is 2.55 bits per heavy atom. The molecule has 0 saturated carbocycles. The summed E-state index contributed by atoms with van der Waals surface area (Å²) in [6.45, 7) is 0.238. The summed E-state index contributed by atoms with van der Waals surface area (Å²) >= 11 is 7.22. The number of sulfonamides is 1. The summed E-state index contributed by atoms with van der Waals surface area (Å²) < 4.78 is 40.0. The zero-order valence-electron chi connectivity index (χ0n) is 11.6. The zero-order chi connectivity index (χ0) is 16.0. The van der Waals surface area contributed by atoms with Crippen molar-refractivity contribution < 1.29 is 12.8 Å². The van der Waals surface area contributed by atoms with Crippen molar-refractivity contribution in [2.45, 2.75) is 10.6 Å². The second-order valence-corrected chi connectivity index (χ2v) is 7.79. The van der Waals surface area contributed by atoms with E-state index in [1.165, 1.54) is 11.6 Å². The van der Waals surface area contributed by atoms with Crippen molar-refractivity contribution in [2.24, 2.45) is 0 Å². The molecule has 3 nitrogen and oxygen atoms in total.